The SMILES string of the molecule is COC(=O)c1c(NC(=O)c2ccc(N(Cc3ccc(F)cc3)S(C)(=O)=O)cc2)sc2c1CCCC2. The number of carbonyl (C=O) groups excluding carboxylic acids is 2. The molecule has 1 aromatic heterocycles. The van der Waals surface area contributed by atoms with E-state index in [2.05, 4.69) is 5.32 Å². The second kappa shape index (κ2) is 10.2. The monoisotopic (exact) mass is 516 g/mol. The lowest BCUT2D eigenvalue weighted by atomic mass is 9.95. The van der Waals surface area contributed by atoms with E-state index < -0.39 is 27.7 Å². The highest BCUT2D eigenvalue weighted by atomic mass is 32.2. The first-order valence-electron chi connectivity index (χ1n) is 11.0. The van der Waals surface area contributed by atoms with Crippen LogP contribution in [0.1, 0.15) is 49.6 Å². The van der Waals surface area contributed by atoms with Crippen LogP contribution < -0.4 is 9.62 Å². The summed E-state index contributed by atoms with van der Waals surface area (Å²) in [6.07, 6.45) is 4.75. The smallest absolute Gasteiger partial charge is 0.341 e. The molecule has 1 heterocycles. The molecule has 4 rings (SSSR count). The van der Waals surface area contributed by atoms with E-state index in [0.29, 0.717) is 27.4 Å². The Labute approximate surface area is 207 Å². The lowest BCUT2D eigenvalue weighted by Gasteiger charge is -2.22. The zero-order valence-corrected chi connectivity index (χ0v) is 21.0. The Morgan fingerprint density at radius 3 is 2.34 bits per heavy atom. The van der Waals surface area contributed by atoms with Crippen LogP contribution in [0.2, 0.25) is 0 Å². The average Bonchev–Trinajstić information content (AvgIpc) is 3.20. The number of anilines is 2. The first-order chi connectivity index (χ1) is 16.7. The zero-order valence-electron chi connectivity index (χ0n) is 19.3. The van der Waals surface area contributed by atoms with E-state index in [-0.39, 0.29) is 6.54 Å². The molecule has 0 aliphatic heterocycles. The van der Waals surface area contributed by atoms with Crippen LogP contribution in [0.3, 0.4) is 0 Å². The third-order valence-electron chi connectivity index (χ3n) is 5.85. The lowest BCUT2D eigenvalue weighted by Crippen LogP contribution is -2.29. The molecule has 1 aliphatic carbocycles. The molecule has 0 spiro atoms. The topological polar surface area (TPSA) is 92.8 Å². The molecule has 0 fully saturated rings. The number of hydrogen-bond acceptors (Lipinski definition) is 6. The van der Waals surface area contributed by atoms with E-state index in [4.69, 9.17) is 4.74 Å². The standard InChI is InChI=1S/C25H25FN2O5S2/c1-33-25(30)22-20-5-3-4-6-21(20)34-24(22)27-23(29)17-9-13-19(14-10-17)28(35(2,31)32)15-16-7-11-18(26)12-8-16/h7-14H,3-6,15H2,1-2H3,(H,27,29). The molecule has 184 valence electrons. The minimum atomic E-state index is -3.64. The molecule has 0 unspecified atom stereocenters. The molecule has 35 heavy (non-hydrogen) atoms. The van der Waals surface area contributed by atoms with Gasteiger partial charge >= 0.3 is 5.97 Å². The van der Waals surface area contributed by atoms with Gasteiger partial charge in [-0.3, -0.25) is 9.10 Å². The molecule has 0 bridgehead atoms. The fraction of sp³-hybridized carbons (Fsp3) is 0.280. The number of amides is 1. The van der Waals surface area contributed by atoms with Crippen molar-refractivity contribution in [2.24, 2.45) is 0 Å². The second-order valence-electron chi connectivity index (χ2n) is 8.30. The second-order valence-corrected chi connectivity index (χ2v) is 11.3. The first-order valence-corrected chi connectivity index (χ1v) is 13.7. The van der Waals surface area contributed by atoms with Crippen molar-refractivity contribution < 1.29 is 27.1 Å². The number of hydrogen-bond donors (Lipinski definition) is 1. The number of nitrogens with one attached hydrogen (secondary N) is 1. The third kappa shape index (κ3) is 5.54. The van der Waals surface area contributed by atoms with Gasteiger partial charge in [0.15, 0.2) is 0 Å². The number of methoxy groups -OCH3 is 1. The Morgan fingerprint density at radius 2 is 1.71 bits per heavy atom. The van der Waals surface area contributed by atoms with Gasteiger partial charge in [-0.2, -0.15) is 0 Å². The van der Waals surface area contributed by atoms with Crippen LogP contribution in [0.4, 0.5) is 15.1 Å². The molecule has 0 saturated heterocycles. The van der Waals surface area contributed by atoms with Crippen molar-refractivity contribution in [3.8, 4) is 0 Å². The summed E-state index contributed by atoms with van der Waals surface area (Å²) >= 11 is 1.40. The maximum absolute atomic E-state index is 13.2. The van der Waals surface area contributed by atoms with Gasteiger partial charge < -0.3 is 10.1 Å². The van der Waals surface area contributed by atoms with E-state index in [1.165, 1.54) is 59.2 Å². The summed E-state index contributed by atoms with van der Waals surface area (Å²) < 4.78 is 44.2. The third-order valence-corrected chi connectivity index (χ3v) is 8.19. The van der Waals surface area contributed by atoms with Crippen LogP contribution in [-0.4, -0.2) is 33.7 Å². The van der Waals surface area contributed by atoms with E-state index >= 15 is 0 Å². The number of benzene rings is 2. The van der Waals surface area contributed by atoms with Gasteiger partial charge in [-0.25, -0.2) is 17.6 Å². The van der Waals surface area contributed by atoms with Crippen molar-refractivity contribution >= 4 is 43.9 Å². The van der Waals surface area contributed by atoms with Gasteiger partial charge in [0.2, 0.25) is 10.0 Å². The maximum atomic E-state index is 13.2. The number of esters is 1. The average molecular weight is 517 g/mol. The number of thiophene rings is 1. The summed E-state index contributed by atoms with van der Waals surface area (Å²) in [6.45, 7) is 0.0217. The fourth-order valence-corrected chi connectivity index (χ4v) is 6.24. The van der Waals surface area contributed by atoms with Gasteiger partial charge in [-0.1, -0.05) is 12.1 Å². The molecule has 10 heteroatoms. The van der Waals surface area contributed by atoms with Crippen molar-refractivity contribution in [1.82, 2.24) is 0 Å². The van der Waals surface area contributed by atoms with Gasteiger partial charge in [0.25, 0.3) is 5.91 Å². The highest BCUT2D eigenvalue weighted by Gasteiger charge is 2.27. The normalized spacial score (nSPS) is 13.1. The number of sulfonamides is 1. The largest absolute Gasteiger partial charge is 0.465 e. The summed E-state index contributed by atoms with van der Waals surface area (Å²) in [5, 5.41) is 3.30. The van der Waals surface area contributed by atoms with Crippen molar-refractivity contribution in [3.05, 3.63) is 81.5 Å². The molecule has 0 atom stereocenters. The van der Waals surface area contributed by atoms with Gasteiger partial charge in [0.1, 0.15) is 10.8 Å². The van der Waals surface area contributed by atoms with Gasteiger partial charge in [-0.05, 0) is 73.2 Å². The highest BCUT2D eigenvalue weighted by Crippen LogP contribution is 2.38. The predicted octanol–water partition coefficient (Wildman–Crippen LogP) is 4.77. The Morgan fingerprint density at radius 1 is 1.06 bits per heavy atom. The quantitative estimate of drug-likeness (QED) is 0.457. The van der Waals surface area contributed by atoms with Crippen LogP contribution in [0.5, 0.6) is 0 Å². The summed E-state index contributed by atoms with van der Waals surface area (Å²) in [7, 11) is -2.32. The van der Waals surface area contributed by atoms with Crippen LogP contribution in [0, 0.1) is 5.82 Å². The number of carbonyl (C=O) groups is 2. The van der Waals surface area contributed by atoms with E-state index in [0.717, 1.165) is 42.4 Å². The maximum Gasteiger partial charge on any atom is 0.341 e. The van der Waals surface area contributed by atoms with E-state index in [1.54, 1.807) is 12.1 Å². The number of aryl methyl sites for hydroxylation is 1. The number of ether oxygens (including phenoxy) is 1. The van der Waals surface area contributed by atoms with Crippen molar-refractivity contribution in [2.45, 2.75) is 32.2 Å². The van der Waals surface area contributed by atoms with Crippen molar-refractivity contribution in [2.75, 3.05) is 23.0 Å². The summed E-state index contributed by atoms with van der Waals surface area (Å²) in [5.74, 6) is -1.29. The Balaban J connectivity index is 1.56. The van der Waals surface area contributed by atoms with Crippen LogP contribution in [0.25, 0.3) is 0 Å². The molecule has 3 aromatic rings. The molecule has 1 N–H and O–H groups in total. The molecular formula is C25H25FN2O5S2. The Hall–Kier alpha value is -3.24. The van der Waals surface area contributed by atoms with Crippen LogP contribution >= 0.6 is 11.3 Å². The molecule has 0 radical (unpaired) electrons. The molecule has 1 aliphatic rings. The van der Waals surface area contributed by atoms with Gasteiger partial charge in [-0.15, -0.1) is 11.3 Å². The van der Waals surface area contributed by atoms with Crippen LogP contribution in [-0.2, 0) is 34.1 Å². The molecule has 1 amide bonds. The predicted molar refractivity (Wildman–Crippen MR) is 134 cm³/mol. The minimum Gasteiger partial charge on any atom is -0.465 e. The van der Waals surface area contributed by atoms with Gasteiger partial charge in [0.05, 0.1) is 31.2 Å². The van der Waals surface area contributed by atoms with Crippen molar-refractivity contribution in [1.29, 1.82) is 0 Å². The van der Waals surface area contributed by atoms with E-state index in [1.807, 2.05) is 0 Å². The Kier molecular flexibility index (Phi) is 7.23. The molecule has 2 aromatic carbocycles. The van der Waals surface area contributed by atoms with Crippen LogP contribution in [0.15, 0.2) is 48.5 Å². The summed E-state index contributed by atoms with van der Waals surface area (Å²) in [4.78, 5) is 26.5. The minimum absolute atomic E-state index is 0.0217. The summed E-state index contributed by atoms with van der Waals surface area (Å²) in [5.41, 5.74) is 2.67. The van der Waals surface area contributed by atoms with Crippen molar-refractivity contribution in [3.63, 3.8) is 0 Å². The number of fused-ring (bicyclic) bond motifs is 1. The Bertz CT molecular complexity index is 1350. The molecule has 0 saturated carbocycles. The number of nitrogens with zero attached hydrogens (tertiary/aromatic N) is 1. The molecule has 7 nitrogen and oxygen atoms in total. The first kappa shape index (κ1) is 24.9. The number of halogens is 1. The lowest BCUT2D eigenvalue weighted by molar-refractivity contribution is 0.0601. The van der Waals surface area contributed by atoms with E-state index in [9.17, 15) is 22.4 Å². The summed E-state index contributed by atoms with van der Waals surface area (Å²) in [6, 6.07) is 11.7. The fourth-order valence-electron chi connectivity index (χ4n) is 4.08. The number of rotatable bonds is 7. The van der Waals surface area contributed by atoms with Gasteiger partial charge in [0, 0.05) is 10.4 Å². The molecular weight excluding hydrogens is 491 g/mol. The zero-order chi connectivity index (χ0) is 25.2. The highest BCUT2D eigenvalue weighted by molar-refractivity contribution is 7.92.